The molecule has 10 nitrogen and oxygen atoms in total. The topological polar surface area (TPSA) is 104 Å². The van der Waals surface area contributed by atoms with Crippen LogP contribution in [0.5, 0.6) is 11.5 Å². The summed E-state index contributed by atoms with van der Waals surface area (Å²) >= 11 is 0. The monoisotopic (exact) mass is 625 g/mol. The van der Waals surface area contributed by atoms with Gasteiger partial charge in [0.05, 0.1) is 20.3 Å². The predicted molar refractivity (Wildman–Crippen MR) is 174 cm³/mol. The van der Waals surface area contributed by atoms with E-state index in [-0.39, 0.29) is 12.5 Å². The molecule has 10 heteroatoms. The zero-order chi connectivity index (χ0) is 31.7. The molecule has 0 saturated carbocycles. The lowest BCUT2D eigenvalue weighted by molar-refractivity contribution is -0.130. The number of oxazole rings is 1. The molecule has 2 aliphatic heterocycles. The standard InChI is InChI=1S/C36H39N3O7/c1-42-33-23-26(6-2-5-9-32-35(40)39(36(41)46-32)17-16-38-18-20-43-21-19-38)11-14-31(33)44-24-30-25-45-34(37-30)15-12-27-10-13-28-7-3-4-8-29(28)22-27/h3-4,7-8,10-15,22-23,25,32H,2,5-6,9,16-21,24H2,1H3/b15-12+. The maximum absolute atomic E-state index is 12.8. The molecule has 2 aliphatic rings. The Balaban J connectivity index is 0.940. The molecule has 0 radical (unpaired) electrons. The summed E-state index contributed by atoms with van der Waals surface area (Å²) in [5.41, 5.74) is 2.83. The van der Waals surface area contributed by atoms with Crippen LogP contribution in [0.15, 0.2) is 71.3 Å². The molecule has 0 bridgehead atoms. The van der Waals surface area contributed by atoms with Crippen molar-refractivity contribution in [3.8, 4) is 11.5 Å². The van der Waals surface area contributed by atoms with Crippen LogP contribution in [-0.2, 0) is 27.3 Å². The summed E-state index contributed by atoms with van der Waals surface area (Å²) in [5, 5.41) is 2.38. The van der Waals surface area contributed by atoms with Gasteiger partial charge < -0.3 is 23.4 Å². The maximum atomic E-state index is 12.8. The first-order valence-corrected chi connectivity index (χ1v) is 15.8. The fraction of sp³-hybridized carbons (Fsp3) is 0.361. The smallest absolute Gasteiger partial charge is 0.417 e. The number of hydrogen-bond donors (Lipinski definition) is 0. The number of hydrogen-bond acceptors (Lipinski definition) is 9. The Morgan fingerprint density at radius 3 is 2.63 bits per heavy atom. The highest BCUT2D eigenvalue weighted by Crippen LogP contribution is 2.30. The second-order valence-corrected chi connectivity index (χ2v) is 11.5. The van der Waals surface area contributed by atoms with Crippen LogP contribution in [0.1, 0.15) is 42.0 Å². The Labute approximate surface area is 268 Å². The number of cyclic esters (lactones) is 1. The van der Waals surface area contributed by atoms with Crippen molar-refractivity contribution in [2.24, 2.45) is 0 Å². The van der Waals surface area contributed by atoms with Crippen molar-refractivity contribution < 1.29 is 33.0 Å². The zero-order valence-electron chi connectivity index (χ0n) is 26.1. The normalized spacial score (nSPS) is 17.2. The Morgan fingerprint density at radius 2 is 1.78 bits per heavy atom. The minimum absolute atomic E-state index is 0.235. The minimum Gasteiger partial charge on any atom is -0.493 e. The summed E-state index contributed by atoms with van der Waals surface area (Å²) in [6, 6.07) is 20.4. The van der Waals surface area contributed by atoms with E-state index in [1.165, 1.54) is 15.7 Å². The molecule has 3 aromatic carbocycles. The molecule has 0 spiro atoms. The number of morpholine rings is 1. The van der Waals surface area contributed by atoms with Crippen molar-refractivity contribution >= 4 is 34.9 Å². The van der Waals surface area contributed by atoms with E-state index in [1.807, 2.05) is 42.5 Å². The number of imide groups is 1. The van der Waals surface area contributed by atoms with Gasteiger partial charge in [-0.05, 0) is 71.9 Å². The second-order valence-electron chi connectivity index (χ2n) is 11.5. The molecule has 4 aromatic rings. The van der Waals surface area contributed by atoms with Crippen LogP contribution in [0.25, 0.3) is 22.9 Å². The van der Waals surface area contributed by atoms with Gasteiger partial charge in [-0.3, -0.25) is 9.69 Å². The summed E-state index contributed by atoms with van der Waals surface area (Å²) in [6.45, 7) is 4.21. The number of fused-ring (bicyclic) bond motifs is 1. The number of benzene rings is 3. The molecule has 3 heterocycles. The summed E-state index contributed by atoms with van der Waals surface area (Å²) in [7, 11) is 1.61. The lowest BCUT2D eigenvalue weighted by Crippen LogP contribution is -2.43. The molecule has 2 saturated heterocycles. The Kier molecular flexibility index (Phi) is 10.3. The number of methoxy groups -OCH3 is 1. The lowest BCUT2D eigenvalue weighted by Gasteiger charge is -2.27. The first-order valence-electron chi connectivity index (χ1n) is 15.8. The van der Waals surface area contributed by atoms with Crippen molar-refractivity contribution in [1.82, 2.24) is 14.8 Å². The molecule has 1 unspecified atom stereocenters. The van der Waals surface area contributed by atoms with Crippen LogP contribution in [0.4, 0.5) is 4.79 Å². The van der Waals surface area contributed by atoms with Crippen LogP contribution < -0.4 is 9.47 Å². The summed E-state index contributed by atoms with van der Waals surface area (Å²) in [4.78, 5) is 33.0. The first kappa shape index (κ1) is 31.3. The van der Waals surface area contributed by atoms with Crippen molar-refractivity contribution in [1.29, 1.82) is 0 Å². The maximum Gasteiger partial charge on any atom is 0.417 e. The van der Waals surface area contributed by atoms with Crippen molar-refractivity contribution in [2.75, 3.05) is 46.5 Å². The SMILES string of the molecule is COc1cc(CCCCC2OC(=O)N(CCN3CCOCC3)C2=O)ccc1OCc1coc(/C=C/c2ccc3ccccc3c2)n1. The highest BCUT2D eigenvalue weighted by atomic mass is 16.6. The molecular weight excluding hydrogens is 586 g/mol. The van der Waals surface area contributed by atoms with Gasteiger partial charge in [-0.1, -0.05) is 42.5 Å². The van der Waals surface area contributed by atoms with E-state index in [9.17, 15) is 9.59 Å². The molecule has 46 heavy (non-hydrogen) atoms. The third kappa shape index (κ3) is 7.94. The van der Waals surface area contributed by atoms with Gasteiger partial charge in [0.15, 0.2) is 17.6 Å². The summed E-state index contributed by atoms with van der Waals surface area (Å²) < 4.78 is 28.0. The van der Waals surface area contributed by atoms with Gasteiger partial charge in [0, 0.05) is 32.3 Å². The largest absolute Gasteiger partial charge is 0.493 e. The molecule has 2 fully saturated rings. The first-order chi connectivity index (χ1) is 22.6. The molecule has 0 aliphatic carbocycles. The number of nitrogens with zero attached hydrogens (tertiary/aromatic N) is 3. The quantitative estimate of drug-likeness (QED) is 0.157. The predicted octanol–water partition coefficient (Wildman–Crippen LogP) is 5.98. The van der Waals surface area contributed by atoms with Crippen molar-refractivity contribution in [3.63, 3.8) is 0 Å². The van der Waals surface area contributed by atoms with Crippen LogP contribution in [0, 0.1) is 0 Å². The number of aromatic nitrogens is 1. The van der Waals surface area contributed by atoms with Crippen molar-refractivity contribution in [2.45, 2.75) is 38.4 Å². The average Bonchev–Trinajstić information content (AvgIpc) is 3.66. The Hall–Kier alpha value is -4.67. The van der Waals surface area contributed by atoms with Gasteiger partial charge in [0.1, 0.15) is 18.6 Å². The number of carbonyl (C=O) groups excluding carboxylic acids is 2. The lowest BCUT2D eigenvalue weighted by atomic mass is 10.0. The molecule has 240 valence electrons. The second kappa shape index (κ2) is 15.1. The summed E-state index contributed by atoms with van der Waals surface area (Å²) in [5.74, 6) is 1.52. The van der Waals surface area contributed by atoms with Crippen LogP contribution in [0.2, 0.25) is 0 Å². The van der Waals surface area contributed by atoms with Gasteiger partial charge in [-0.25, -0.2) is 14.7 Å². The number of aryl methyl sites for hydroxylation is 1. The van der Waals surface area contributed by atoms with E-state index in [4.69, 9.17) is 23.4 Å². The number of ether oxygens (including phenoxy) is 4. The minimum atomic E-state index is -0.700. The van der Waals surface area contributed by atoms with E-state index < -0.39 is 12.2 Å². The average molecular weight is 626 g/mol. The van der Waals surface area contributed by atoms with E-state index in [0.29, 0.717) is 55.8 Å². The highest BCUT2D eigenvalue weighted by Gasteiger charge is 2.39. The number of unbranched alkanes of at least 4 members (excludes halogenated alkanes) is 1. The van der Waals surface area contributed by atoms with Crippen LogP contribution >= 0.6 is 0 Å². The summed E-state index contributed by atoms with van der Waals surface area (Å²) in [6.07, 6.45) is 7.08. The van der Waals surface area contributed by atoms with Crippen LogP contribution in [-0.4, -0.2) is 79.4 Å². The Morgan fingerprint density at radius 1 is 0.935 bits per heavy atom. The highest BCUT2D eigenvalue weighted by molar-refractivity contribution is 6.00. The number of amides is 2. The molecule has 1 atom stereocenters. The molecule has 0 N–H and O–H groups in total. The third-order valence-corrected chi connectivity index (χ3v) is 8.30. The fourth-order valence-electron chi connectivity index (χ4n) is 5.69. The van der Waals surface area contributed by atoms with Gasteiger partial charge in [0.25, 0.3) is 5.91 Å². The van der Waals surface area contributed by atoms with Gasteiger partial charge >= 0.3 is 6.09 Å². The third-order valence-electron chi connectivity index (χ3n) is 8.30. The van der Waals surface area contributed by atoms with Crippen LogP contribution in [0.3, 0.4) is 0 Å². The van der Waals surface area contributed by atoms with Gasteiger partial charge in [-0.2, -0.15) is 0 Å². The van der Waals surface area contributed by atoms with Gasteiger partial charge in [0.2, 0.25) is 5.89 Å². The van der Waals surface area contributed by atoms with E-state index in [2.05, 4.69) is 40.2 Å². The van der Waals surface area contributed by atoms with Crippen molar-refractivity contribution in [3.05, 3.63) is 89.6 Å². The fourth-order valence-corrected chi connectivity index (χ4v) is 5.69. The van der Waals surface area contributed by atoms with E-state index >= 15 is 0 Å². The van der Waals surface area contributed by atoms with Gasteiger partial charge in [-0.15, -0.1) is 0 Å². The van der Waals surface area contributed by atoms with E-state index in [1.54, 1.807) is 13.4 Å². The number of rotatable bonds is 14. The Bertz CT molecular complexity index is 1680. The molecule has 2 amide bonds. The molecular formula is C36H39N3O7. The zero-order valence-corrected chi connectivity index (χ0v) is 26.1. The molecule has 1 aromatic heterocycles. The number of carbonyl (C=O) groups is 2. The van der Waals surface area contributed by atoms with E-state index in [0.717, 1.165) is 43.5 Å². The molecule has 6 rings (SSSR count).